The summed E-state index contributed by atoms with van der Waals surface area (Å²) in [5.41, 5.74) is 2.55. The minimum atomic E-state index is 0.0760. The van der Waals surface area contributed by atoms with Crippen molar-refractivity contribution in [1.82, 2.24) is 14.7 Å². The average molecular weight is 313 g/mol. The van der Waals surface area contributed by atoms with Gasteiger partial charge in [-0.25, -0.2) is 4.68 Å². The van der Waals surface area contributed by atoms with Crippen LogP contribution in [0.5, 0.6) is 0 Å². The summed E-state index contributed by atoms with van der Waals surface area (Å²) >= 11 is 0. The predicted molar refractivity (Wildman–Crippen MR) is 93.9 cm³/mol. The van der Waals surface area contributed by atoms with Crippen LogP contribution in [0, 0.1) is 18.8 Å². The van der Waals surface area contributed by atoms with Crippen molar-refractivity contribution < 1.29 is 4.79 Å². The van der Waals surface area contributed by atoms with Gasteiger partial charge in [-0.2, -0.15) is 5.10 Å². The summed E-state index contributed by atoms with van der Waals surface area (Å²) in [6, 6.07) is 9.91. The van der Waals surface area contributed by atoms with Crippen molar-refractivity contribution in [3.8, 4) is 5.69 Å². The molecule has 1 aromatic carbocycles. The van der Waals surface area contributed by atoms with Gasteiger partial charge in [-0.1, -0.05) is 45.9 Å². The molecule has 1 heterocycles. The number of hydrogen-bond donors (Lipinski definition) is 0. The van der Waals surface area contributed by atoms with Crippen molar-refractivity contribution in [3.63, 3.8) is 0 Å². The van der Waals surface area contributed by atoms with Gasteiger partial charge in [-0.05, 0) is 30.9 Å². The topological polar surface area (TPSA) is 38.1 Å². The molecule has 2 rings (SSSR count). The molecule has 0 radical (unpaired) electrons. The Morgan fingerprint density at radius 3 is 2.17 bits per heavy atom. The van der Waals surface area contributed by atoms with Crippen molar-refractivity contribution in [2.45, 2.75) is 34.6 Å². The summed E-state index contributed by atoms with van der Waals surface area (Å²) in [6.07, 6.45) is 1.69. The van der Waals surface area contributed by atoms with Gasteiger partial charge < -0.3 is 4.90 Å². The highest BCUT2D eigenvalue weighted by Crippen LogP contribution is 2.17. The van der Waals surface area contributed by atoms with Gasteiger partial charge in [0.05, 0.1) is 23.1 Å². The number of para-hydroxylation sites is 1. The van der Waals surface area contributed by atoms with Crippen LogP contribution >= 0.6 is 0 Å². The number of rotatable bonds is 6. The molecule has 0 saturated carbocycles. The molecule has 0 N–H and O–H groups in total. The second-order valence-electron chi connectivity index (χ2n) is 6.89. The van der Waals surface area contributed by atoms with Crippen LogP contribution in [0.25, 0.3) is 5.69 Å². The lowest BCUT2D eigenvalue weighted by Crippen LogP contribution is -2.37. The van der Waals surface area contributed by atoms with Crippen molar-refractivity contribution >= 4 is 5.91 Å². The second-order valence-corrected chi connectivity index (χ2v) is 6.89. The summed E-state index contributed by atoms with van der Waals surface area (Å²) in [7, 11) is 0. The van der Waals surface area contributed by atoms with Gasteiger partial charge in [0, 0.05) is 13.1 Å². The zero-order chi connectivity index (χ0) is 17.0. The molecule has 124 valence electrons. The van der Waals surface area contributed by atoms with Gasteiger partial charge in [-0.15, -0.1) is 0 Å². The summed E-state index contributed by atoms with van der Waals surface area (Å²) in [6.45, 7) is 12.1. The lowest BCUT2D eigenvalue weighted by atomic mass is 10.1. The molecule has 4 heteroatoms. The smallest absolute Gasteiger partial charge is 0.257 e. The van der Waals surface area contributed by atoms with E-state index in [4.69, 9.17) is 0 Å². The number of carbonyl (C=O) groups is 1. The lowest BCUT2D eigenvalue weighted by Gasteiger charge is -2.26. The monoisotopic (exact) mass is 313 g/mol. The van der Waals surface area contributed by atoms with Crippen LogP contribution < -0.4 is 0 Å². The first-order valence-corrected chi connectivity index (χ1v) is 8.29. The molecule has 0 unspecified atom stereocenters. The molecule has 1 amide bonds. The quantitative estimate of drug-likeness (QED) is 0.810. The highest BCUT2D eigenvalue weighted by atomic mass is 16.2. The summed E-state index contributed by atoms with van der Waals surface area (Å²) in [4.78, 5) is 14.9. The predicted octanol–water partition coefficient (Wildman–Crippen LogP) is 3.93. The normalized spacial score (nSPS) is 11.3. The fraction of sp³-hybridized carbons (Fsp3) is 0.474. The van der Waals surface area contributed by atoms with E-state index in [1.54, 1.807) is 6.20 Å². The number of aromatic nitrogens is 2. The molecular weight excluding hydrogens is 286 g/mol. The van der Waals surface area contributed by atoms with Crippen LogP contribution in [-0.2, 0) is 0 Å². The molecule has 0 aliphatic heterocycles. The minimum absolute atomic E-state index is 0.0760. The number of amides is 1. The Labute approximate surface area is 139 Å². The van der Waals surface area contributed by atoms with Crippen LogP contribution in [0.15, 0.2) is 36.5 Å². The second kappa shape index (κ2) is 7.44. The standard InChI is InChI=1S/C19H27N3O/c1-14(2)12-21(13-15(3)4)19(23)18-11-20-22(16(18)5)17-9-7-6-8-10-17/h6-11,14-15H,12-13H2,1-5H3. The van der Waals surface area contributed by atoms with E-state index in [-0.39, 0.29) is 5.91 Å². The molecule has 0 fully saturated rings. The third-order valence-corrected chi connectivity index (χ3v) is 3.70. The Morgan fingerprint density at radius 2 is 1.65 bits per heavy atom. The average Bonchev–Trinajstić information content (AvgIpc) is 2.87. The Kier molecular flexibility index (Phi) is 5.59. The highest BCUT2D eigenvalue weighted by molar-refractivity contribution is 5.95. The first-order valence-electron chi connectivity index (χ1n) is 8.29. The van der Waals surface area contributed by atoms with E-state index >= 15 is 0 Å². The van der Waals surface area contributed by atoms with Crippen LogP contribution in [0.3, 0.4) is 0 Å². The fourth-order valence-corrected chi connectivity index (χ4v) is 2.74. The van der Waals surface area contributed by atoms with Crippen molar-refractivity contribution in [2.24, 2.45) is 11.8 Å². The van der Waals surface area contributed by atoms with Gasteiger partial charge in [0.2, 0.25) is 0 Å². The van der Waals surface area contributed by atoms with Crippen molar-refractivity contribution in [1.29, 1.82) is 0 Å². The molecule has 2 aromatic rings. The summed E-state index contributed by atoms with van der Waals surface area (Å²) in [5.74, 6) is 0.969. The highest BCUT2D eigenvalue weighted by Gasteiger charge is 2.22. The van der Waals surface area contributed by atoms with E-state index in [0.29, 0.717) is 17.4 Å². The molecule has 0 bridgehead atoms. The van der Waals surface area contributed by atoms with Gasteiger partial charge in [0.25, 0.3) is 5.91 Å². The van der Waals surface area contributed by atoms with Crippen molar-refractivity contribution in [3.05, 3.63) is 47.8 Å². The van der Waals surface area contributed by atoms with Crippen LogP contribution in [0.4, 0.5) is 0 Å². The van der Waals surface area contributed by atoms with Gasteiger partial charge in [0.1, 0.15) is 0 Å². The number of benzene rings is 1. The van der Waals surface area contributed by atoms with E-state index < -0.39 is 0 Å². The maximum Gasteiger partial charge on any atom is 0.257 e. The van der Waals surface area contributed by atoms with Crippen molar-refractivity contribution in [2.75, 3.05) is 13.1 Å². The molecule has 0 aliphatic carbocycles. The number of hydrogen-bond acceptors (Lipinski definition) is 2. The third kappa shape index (κ3) is 4.21. The number of carbonyl (C=O) groups excluding carboxylic acids is 1. The molecular formula is C19H27N3O. The largest absolute Gasteiger partial charge is 0.338 e. The van der Waals surface area contributed by atoms with Crippen LogP contribution in [0.1, 0.15) is 43.7 Å². The molecule has 0 atom stereocenters. The summed E-state index contributed by atoms with van der Waals surface area (Å²) < 4.78 is 1.83. The fourth-order valence-electron chi connectivity index (χ4n) is 2.74. The minimum Gasteiger partial charge on any atom is -0.338 e. The van der Waals surface area contributed by atoms with Gasteiger partial charge in [-0.3, -0.25) is 4.79 Å². The van der Waals surface area contributed by atoms with E-state index in [9.17, 15) is 4.79 Å². The number of nitrogens with zero attached hydrogens (tertiary/aromatic N) is 3. The molecule has 0 spiro atoms. The Bertz CT molecular complexity index is 634. The Hall–Kier alpha value is -2.10. The summed E-state index contributed by atoms with van der Waals surface area (Å²) in [5, 5.41) is 4.42. The SMILES string of the molecule is Cc1c(C(=O)N(CC(C)C)CC(C)C)cnn1-c1ccccc1. The van der Waals surface area contributed by atoms with Crippen LogP contribution in [0.2, 0.25) is 0 Å². The van der Waals surface area contributed by atoms with E-state index in [1.807, 2.05) is 46.8 Å². The third-order valence-electron chi connectivity index (χ3n) is 3.70. The van der Waals surface area contributed by atoms with Gasteiger partial charge in [0.15, 0.2) is 0 Å². The van der Waals surface area contributed by atoms with Crippen LogP contribution in [-0.4, -0.2) is 33.7 Å². The molecule has 4 nitrogen and oxygen atoms in total. The van der Waals surface area contributed by atoms with Gasteiger partial charge >= 0.3 is 0 Å². The van der Waals surface area contributed by atoms with E-state index in [1.165, 1.54) is 0 Å². The Morgan fingerprint density at radius 1 is 1.09 bits per heavy atom. The molecule has 0 saturated heterocycles. The maximum absolute atomic E-state index is 13.0. The molecule has 0 aliphatic rings. The first-order chi connectivity index (χ1) is 10.9. The lowest BCUT2D eigenvalue weighted by molar-refractivity contribution is 0.0714. The molecule has 1 aromatic heterocycles. The maximum atomic E-state index is 13.0. The van der Waals surface area contributed by atoms with E-state index in [0.717, 1.165) is 24.5 Å². The molecule has 23 heavy (non-hydrogen) atoms. The first kappa shape index (κ1) is 17.3. The Balaban J connectivity index is 2.29. The van der Waals surface area contributed by atoms with E-state index in [2.05, 4.69) is 32.8 Å². The zero-order valence-electron chi connectivity index (χ0n) is 14.8. The zero-order valence-corrected chi connectivity index (χ0v) is 14.8.